The third-order valence-electron chi connectivity index (χ3n) is 4.68. The molecule has 0 heterocycles. The molecule has 0 aromatic heterocycles. The second-order valence-electron chi connectivity index (χ2n) is 5.99. The zero-order valence-electron chi connectivity index (χ0n) is 11.6. The first-order valence-electron chi connectivity index (χ1n) is 7.64. The van der Waals surface area contributed by atoms with Crippen molar-refractivity contribution in [3.8, 4) is 0 Å². The van der Waals surface area contributed by atoms with Crippen LogP contribution in [0, 0.1) is 11.8 Å². The molecule has 0 saturated heterocycles. The average Bonchev–Trinajstić information content (AvgIpc) is 2.36. The van der Waals surface area contributed by atoms with E-state index < -0.39 is 0 Å². The Balaban J connectivity index is 1.68. The molecule has 4 atom stereocenters. The van der Waals surface area contributed by atoms with Gasteiger partial charge in [0.05, 0.1) is 6.10 Å². The molecule has 100 valence electrons. The summed E-state index contributed by atoms with van der Waals surface area (Å²) in [5.74, 6) is 2.09. The van der Waals surface area contributed by atoms with Crippen molar-refractivity contribution >= 4 is 0 Å². The molecule has 1 N–H and O–H groups in total. The Morgan fingerprint density at radius 1 is 1.12 bits per heavy atom. The Bertz CT molecular complexity index is 219. The van der Waals surface area contributed by atoms with Crippen molar-refractivity contribution in [1.82, 2.24) is 5.32 Å². The molecule has 0 aliphatic heterocycles. The SMILES string of the molecule is CCOC(C)CNC1CCC2CCCCC2C1. The smallest absolute Gasteiger partial charge is 0.0671 e. The van der Waals surface area contributed by atoms with Gasteiger partial charge in [-0.25, -0.2) is 0 Å². The van der Waals surface area contributed by atoms with E-state index >= 15 is 0 Å². The van der Waals surface area contributed by atoms with E-state index in [1.165, 1.54) is 44.9 Å². The van der Waals surface area contributed by atoms with E-state index in [1.807, 2.05) is 0 Å². The molecule has 2 saturated carbocycles. The largest absolute Gasteiger partial charge is 0.377 e. The first-order chi connectivity index (χ1) is 8.29. The second kappa shape index (κ2) is 6.75. The van der Waals surface area contributed by atoms with Gasteiger partial charge in [0.2, 0.25) is 0 Å². The number of nitrogens with one attached hydrogen (secondary N) is 1. The van der Waals surface area contributed by atoms with Gasteiger partial charge in [-0.2, -0.15) is 0 Å². The minimum absolute atomic E-state index is 0.365. The normalized spacial score (nSPS) is 35.3. The molecule has 0 aromatic rings. The molecule has 0 aromatic carbocycles. The van der Waals surface area contributed by atoms with Crippen LogP contribution >= 0.6 is 0 Å². The molecule has 2 aliphatic carbocycles. The number of hydrogen-bond donors (Lipinski definition) is 1. The van der Waals surface area contributed by atoms with Crippen LogP contribution in [-0.4, -0.2) is 25.3 Å². The molecule has 2 heteroatoms. The lowest BCUT2D eigenvalue weighted by atomic mass is 9.69. The van der Waals surface area contributed by atoms with E-state index in [4.69, 9.17) is 4.74 Å². The van der Waals surface area contributed by atoms with Crippen molar-refractivity contribution in [2.75, 3.05) is 13.2 Å². The summed E-state index contributed by atoms with van der Waals surface area (Å²) in [4.78, 5) is 0. The Morgan fingerprint density at radius 3 is 2.65 bits per heavy atom. The summed E-state index contributed by atoms with van der Waals surface area (Å²) in [6.07, 6.45) is 10.6. The van der Waals surface area contributed by atoms with Crippen LogP contribution in [-0.2, 0) is 4.74 Å². The van der Waals surface area contributed by atoms with E-state index in [0.717, 1.165) is 31.0 Å². The summed E-state index contributed by atoms with van der Waals surface area (Å²) >= 11 is 0. The first-order valence-corrected chi connectivity index (χ1v) is 7.64. The second-order valence-corrected chi connectivity index (χ2v) is 5.99. The van der Waals surface area contributed by atoms with Gasteiger partial charge in [-0.05, 0) is 44.9 Å². The fourth-order valence-corrected chi connectivity index (χ4v) is 3.73. The van der Waals surface area contributed by atoms with Crippen LogP contribution in [0.4, 0.5) is 0 Å². The zero-order chi connectivity index (χ0) is 12.1. The van der Waals surface area contributed by atoms with Crippen LogP contribution in [0.15, 0.2) is 0 Å². The van der Waals surface area contributed by atoms with Gasteiger partial charge in [-0.15, -0.1) is 0 Å². The fraction of sp³-hybridized carbons (Fsp3) is 1.00. The predicted octanol–water partition coefficient (Wildman–Crippen LogP) is 3.36. The Kier molecular flexibility index (Phi) is 5.30. The molecule has 0 spiro atoms. The lowest BCUT2D eigenvalue weighted by molar-refractivity contribution is 0.0677. The molecule has 2 aliphatic rings. The maximum Gasteiger partial charge on any atom is 0.0671 e. The highest BCUT2D eigenvalue weighted by molar-refractivity contribution is 4.86. The van der Waals surface area contributed by atoms with Gasteiger partial charge in [-0.3, -0.25) is 0 Å². The summed E-state index contributed by atoms with van der Waals surface area (Å²) in [5.41, 5.74) is 0. The Hall–Kier alpha value is -0.0800. The summed E-state index contributed by atoms with van der Waals surface area (Å²) in [5, 5.41) is 3.71. The molecular formula is C15H29NO. The maximum atomic E-state index is 5.58. The van der Waals surface area contributed by atoms with E-state index in [-0.39, 0.29) is 0 Å². The van der Waals surface area contributed by atoms with Gasteiger partial charge in [0.25, 0.3) is 0 Å². The first kappa shape index (κ1) is 13.4. The van der Waals surface area contributed by atoms with E-state index in [9.17, 15) is 0 Å². The molecule has 0 amide bonds. The van der Waals surface area contributed by atoms with Crippen LogP contribution < -0.4 is 5.32 Å². The van der Waals surface area contributed by atoms with Gasteiger partial charge < -0.3 is 10.1 Å². The molecule has 17 heavy (non-hydrogen) atoms. The minimum atomic E-state index is 0.365. The standard InChI is InChI=1S/C15H29NO/c1-3-17-12(2)11-16-15-9-8-13-6-4-5-7-14(13)10-15/h12-16H,3-11H2,1-2H3. The summed E-state index contributed by atoms with van der Waals surface area (Å²) in [7, 11) is 0. The quantitative estimate of drug-likeness (QED) is 0.794. The van der Waals surface area contributed by atoms with Gasteiger partial charge in [0, 0.05) is 19.2 Å². The topological polar surface area (TPSA) is 21.3 Å². The van der Waals surface area contributed by atoms with E-state index in [0.29, 0.717) is 6.10 Å². The van der Waals surface area contributed by atoms with Crippen molar-refractivity contribution in [2.24, 2.45) is 11.8 Å². The summed E-state index contributed by atoms with van der Waals surface area (Å²) < 4.78 is 5.58. The monoisotopic (exact) mass is 239 g/mol. The molecule has 0 radical (unpaired) electrons. The third-order valence-corrected chi connectivity index (χ3v) is 4.68. The van der Waals surface area contributed by atoms with Gasteiger partial charge in [0.15, 0.2) is 0 Å². The van der Waals surface area contributed by atoms with Gasteiger partial charge in [0.1, 0.15) is 0 Å². The molecular weight excluding hydrogens is 210 g/mol. The lowest BCUT2D eigenvalue weighted by Gasteiger charge is -2.39. The van der Waals surface area contributed by atoms with Crippen LogP contribution in [0.5, 0.6) is 0 Å². The predicted molar refractivity (Wildman–Crippen MR) is 72.2 cm³/mol. The molecule has 2 nitrogen and oxygen atoms in total. The van der Waals surface area contributed by atoms with Crippen LogP contribution in [0.25, 0.3) is 0 Å². The van der Waals surface area contributed by atoms with Crippen molar-refractivity contribution < 1.29 is 4.74 Å². The Labute approximate surface area is 107 Å². The van der Waals surface area contributed by atoms with Gasteiger partial charge in [-0.1, -0.05) is 25.7 Å². The molecule has 4 unspecified atom stereocenters. The maximum absolute atomic E-state index is 5.58. The van der Waals surface area contributed by atoms with E-state index in [2.05, 4.69) is 19.2 Å². The molecule has 2 rings (SSSR count). The van der Waals surface area contributed by atoms with Crippen LogP contribution in [0.2, 0.25) is 0 Å². The fourth-order valence-electron chi connectivity index (χ4n) is 3.73. The lowest BCUT2D eigenvalue weighted by Crippen LogP contribution is -2.41. The Morgan fingerprint density at radius 2 is 1.88 bits per heavy atom. The minimum Gasteiger partial charge on any atom is -0.377 e. The highest BCUT2D eigenvalue weighted by atomic mass is 16.5. The van der Waals surface area contributed by atoms with Crippen LogP contribution in [0.3, 0.4) is 0 Å². The van der Waals surface area contributed by atoms with Crippen molar-refractivity contribution in [1.29, 1.82) is 0 Å². The van der Waals surface area contributed by atoms with Crippen LogP contribution in [0.1, 0.15) is 58.8 Å². The molecule has 2 fully saturated rings. The van der Waals surface area contributed by atoms with Gasteiger partial charge >= 0.3 is 0 Å². The summed E-state index contributed by atoms with van der Waals surface area (Å²) in [6, 6.07) is 0.761. The molecule has 0 bridgehead atoms. The highest BCUT2D eigenvalue weighted by Gasteiger charge is 2.31. The number of fused-ring (bicyclic) bond motifs is 1. The van der Waals surface area contributed by atoms with Crippen molar-refractivity contribution in [3.05, 3.63) is 0 Å². The average molecular weight is 239 g/mol. The third kappa shape index (κ3) is 3.96. The zero-order valence-corrected chi connectivity index (χ0v) is 11.6. The highest BCUT2D eigenvalue weighted by Crippen LogP contribution is 2.40. The number of ether oxygens (including phenoxy) is 1. The van der Waals surface area contributed by atoms with Crippen molar-refractivity contribution in [3.63, 3.8) is 0 Å². The summed E-state index contributed by atoms with van der Waals surface area (Å²) in [6.45, 7) is 6.10. The number of hydrogen-bond acceptors (Lipinski definition) is 2. The number of rotatable bonds is 5. The van der Waals surface area contributed by atoms with Crippen molar-refractivity contribution in [2.45, 2.75) is 70.9 Å². The van der Waals surface area contributed by atoms with E-state index in [1.54, 1.807) is 0 Å².